The van der Waals surface area contributed by atoms with Crippen molar-refractivity contribution < 1.29 is 19.3 Å². The second-order valence-electron chi connectivity index (χ2n) is 6.87. The van der Waals surface area contributed by atoms with Gasteiger partial charge in [-0.05, 0) is 44.4 Å². The summed E-state index contributed by atoms with van der Waals surface area (Å²) in [6.07, 6.45) is 1.65. The van der Waals surface area contributed by atoms with E-state index in [-0.39, 0.29) is 12.0 Å². The molecule has 2 rings (SSSR count). The van der Waals surface area contributed by atoms with Crippen LogP contribution in [0.25, 0.3) is 0 Å². The molecule has 0 spiro atoms. The van der Waals surface area contributed by atoms with Crippen LogP contribution in [0.3, 0.4) is 0 Å². The fourth-order valence-corrected chi connectivity index (χ4v) is 3.53. The third kappa shape index (κ3) is 6.15. The third-order valence-electron chi connectivity index (χ3n) is 4.80. The van der Waals surface area contributed by atoms with Crippen LogP contribution in [0.2, 0.25) is 5.02 Å². The Kier molecular flexibility index (Phi) is 9.15. The molecule has 0 aromatic heterocycles. The summed E-state index contributed by atoms with van der Waals surface area (Å²) in [4.78, 5) is 4.66. The Balaban J connectivity index is 2.08. The van der Waals surface area contributed by atoms with E-state index in [0.717, 1.165) is 31.1 Å². The van der Waals surface area contributed by atoms with Gasteiger partial charge in [0, 0.05) is 31.7 Å². The molecule has 28 heavy (non-hydrogen) atoms. The highest BCUT2D eigenvalue weighted by molar-refractivity contribution is 6.32. The predicted octanol–water partition coefficient (Wildman–Crippen LogP) is 2.59. The van der Waals surface area contributed by atoms with Gasteiger partial charge in [-0.2, -0.15) is 0 Å². The Morgan fingerprint density at radius 2 is 2.18 bits per heavy atom. The summed E-state index contributed by atoms with van der Waals surface area (Å²) < 4.78 is 16.5. The van der Waals surface area contributed by atoms with Gasteiger partial charge in [0.1, 0.15) is 0 Å². The molecule has 1 atom stereocenters. The van der Waals surface area contributed by atoms with Crippen LogP contribution >= 0.6 is 11.6 Å². The molecule has 3 N–H and O–H groups in total. The molecule has 1 saturated heterocycles. The number of halogens is 1. The van der Waals surface area contributed by atoms with Gasteiger partial charge in [0.2, 0.25) is 0 Å². The summed E-state index contributed by atoms with van der Waals surface area (Å²) in [5.74, 6) is 1.87. The van der Waals surface area contributed by atoms with Crippen molar-refractivity contribution in [3.05, 3.63) is 22.7 Å². The lowest BCUT2D eigenvalue weighted by Crippen LogP contribution is -2.44. The molecular formula is C20H32ClN3O4. The molecule has 8 heteroatoms. The normalized spacial score (nSPS) is 19.5. The molecule has 158 valence electrons. The van der Waals surface area contributed by atoms with E-state index in [1.807, 2.05) is 26.0 Å². The van der Waals surface area contributed by atoms with E-state index < -0.39 is 0 Å². The number of nitrogens with one attached hydrogen (secondary N) is 2. The molecular weight excluding hydrogens is 382 g/mol. The van der Waals surface area contributed by atoms with Crippen LogP contribution in [-0.4, -0.2) is 57.7 Å². The first-order valence-electron chi connectivity index (χ1n) is 9.77. The van der Waals surface area contributed by atoms with Crippen molar-refractivity contribution in [1.82, 2.24) is 10.6 Å². The molecule has 0 bridgehead atoms. The molecule has 0 aliphatic carbocycles. The van der Waals surface area contributed by atoms with E-state index >= 15 is 0 Å². The van der Waals surface area contributed by atoms with Crippen molar-refractivity contribution in [2.24, 2.45) is 10.4 Å². The highest BCUT2D eigenvalue weighted by Crippen LogP contribution is 2.36. The number of rotatable bonds is 10. The third-order valence-corrected chi connectivity index (χ3v) is 5.08. The topological polar surface area (TPSA) is 84.3 Å². The van der Waals surface area contributed by atoms with E-state index in [1.54, 1.807) is 7.11 Å². The lowest BCUT2D eigenvalue weighted by Gasteiger charge is -2.27. The summed E-state index contributed by atoms with van der Waals surface area (Å²) in [6.45, 7) is 7.89. The minimum atomic E-state index is -0.0450. The van der Waals surface area contributed by atoms with E-state index in [1.165, 1.54) is 0 Å². The predicted molar refractivity (Wildman–Crippen MR) is 112 cm³/mol. The number of aliphatic hydroxyl groups is 1. The van der Waals surface area contributed by atoms with Crippen LogP contribution in [0.5, 0.6) is 11.5 Å². The van der Waals surface area contributed by atoms with Crippen LogP contribution in [-0.2, 0) is 11.3 Å². The summed E-state index contributed by atoms with van der Waals surface area (Å²) in [7, 11) is 1.59. The monoisotopic (exact) mass is 413 g/mol. The van der Waals surface area contributed by atoms with Crippen molar-refractivity contribution >= 4 is 17.6 Å². The number of hydrogen-bond donors (Lipinski definition) is 3. The summed E-state index contributed by atoms with van der Waals surface area (Å²) in [5.41, 5.74) is 0.883. The first-order valence-corrected chi connectivity index (χ1v) is 10.1. The summed E-state index contributed by atoms with van der Waals surface area (Å²) in [5, 5.41) is 16.5. The molecule has 1 aromatic carbocycles. The van der Waals surface area contributed by atoms with Gasteiger partial charge in [-0.3, -0.25) is 0 Å². The number of aliphatic hydroxyl groups excluding tert-OH is 1. The lowest BCUT2D eigenvalue weighted by atomic mass is 9.84. The van der Waals surface area contributed by atoms with Gasteiger partial charge < -0.3 is 30.0 Å². The van der Waals surface area contributed by atoms with Gasteiger partial charge in [-0.1, -0.05) is 11.6 Å². The molecule has 1 aliphatic heterocycles. The van der Waals surface area contributed by atoms with E-state index in [0.29, 0.717) is 49.2 Å². The second kappa shape index (κ2) is 11.3. The maximum atomic E-state index is 9.38. The zero-order valence-electron chi connectivity index (χ0n) is 17.0. The number of nitrogens with zero attached hydrogens (tertiary/aromatic N) is 1. The standard InChI is InChI=1S/C20H32ClN3O4/c1-4-22-19(24-13-20(6-8-25)7-9-27-14-20)23-12-15-10-16(21)18(28-5-2)17(11-15)26-3/h10-11,25H,4-9,12-14H2,1-3H3,(H2,22,23,24). The first kappa shape index (κ1) is 22.6. The fourth-order valence-electron chi connectivity index (χ4n) is 3.24. The molecule has 0 saturated carbocycles. The minimum absolute atomic E-state index is 0.0450. The van der Waals surface area contributed by atoms with Gasteiger partial charge in [0.05, 0.1) is 31.9 Å². The lowest BCUT2D eigenvalue weighted by molar-refractivity contribution is 0.127. The fraction of sp³-hybridized carbons (Fsp3) is 0.650. The molecule has 0 radical (unpaired) electrons. The Morgan fingerprint density at radius 3 is 2.79 bits per heavy atom. The molecule has 7 nitrogen and oxygen atoms in total. The van der Waals surface area contributed by atoms with Crippen molar-refractivity contribution in [3.8, 4) is 11.5 Å². The largest absolute Gasteiger partial charge is 0.493 e. The summed E-state index contributed by atoms with van der Waals surface area (Å²) in [6, 6.07) is 3.74. The SMILES string of the molecule is CCNC(=NCc1cc(Cl)c(OCC)c(OC)c1)NCC1(CCO)CCOC1. The zero-order chi connectivity index (χ0) is 20.4. The Labute approximate surface area is 172 Å². The van der Waals surface area contributed by atoms with Gasteiger partial charge in [0.25, 0.3) is 0 Å². The highest BCUT2D eigenvalue weighted by Gasteiger charge is 2.34. The summed E-state index contributed by atoms with van der Waals surface area (Å²) >= 11 is 6.35. The Bertz CT molecular complexity index is 649. The van der Waals surface area contributed by atoms with E-state index in [4.69, 9.17) is 25.8 Å². The minimum Gasteiger partial charge on any atom is -0.493 e. The van der Waals surface area contributed by atoms with Crippen LogP contribution < -0.4 is 20.1 Å². The van der Waals surface area contributed by atoms with Crippen molar-refractivity contribution in [2.75, 3.05) is 46.6 Å². The van der Waals surface area contributed by atoms with Crippen LogP contribution in [0, 0.1) is 5.41 Å². The van der Waals surface area contributed by atoms with Crippen molar-refractivity contribution in [2.45, 2.75) is 33.2 Å². The molecule has 1 fully saturated rings. The van der Waals surface area contributed by atoms with Gasteiger partial charge in [0.15, 0.2) is 17.5 Å². The average molecular weight is 414 g/mol. The first-order chi connectivity index (χ1) is 13.6. The molecule has 1 heterocycles. The van der Waals surface area contributed by atoms with Gasteiger partial charge in [-0.25, -0.2) is 4.99 Å². The van der Waals surface area contributed by atoms with E-state index in [9.17, 15) is 5.11 Å². The number of methoxy groups -OCH3 is 1. The average Bonchev–Trinajstić information content (AvgIpc) is 3.15. The van der Waals surface area contributed by atoms with Crippen LogP contribution in [0.1, 0.15) is 32.3 Å². The Hall–Kier alpha value is -1.70. The smallest absolute Gasteiger partial charge is 0.191 e. The van der Waals surface area contributed by atoms with Gasteiger partial charge >= 0.3 is 0 Å². The molecule has 1 unspecified atom stereocenters. The Morgan fingerprint density at radius 1 is 1.36 bits per heavy atom. The van der Waals surface area contributed by atoms with Crippen molar-refractivity contribution in [3.63, 3.8) is 0 Å². The quantitative estimate of drug-likeness (QED) is 0.404. The zero-order valence-corrected chi connectivity index (χ0v) is 17.8. The second-order valence-corrected chi connectivity index (χ2v) is 7.27. The number of aliphatic imine (C=N–C) groups is 1. The maximum Gasteiger partial charge on any atom is 0.191 e. The van der Waals surface area contributed by atoms with Crippen LogP contribution in [0.4, 0.5) is 0 Å². The van der Waals surface area contributed by atoms with E-state index in [2.05, 4.69) is 15.6 Å². The maximum absolute atomic E-state index is 9.38. The van der Waals surface area contributed by atoms with Crippen molar-refractivity contribution in [1.29, 1.82) is 0 Å². The number of benzene rings is 1. The molecule has 1 aromatic rings. The number of hydrogen-bond acceptors (Lipinski definition) is 5. The molecule has 0 amide bonds. The number of guanidine groups is 1. The number of ether oxygens (including phenoxy) is 3. The van der Waals surface area contributed by atoms with Crippen LogP contribution in [0.15, 0.2) is 17.1 Å². The molecule has 1 aliphatic rings. The highest BCUT2D eigenvalue weighted by atomic mass is 35.5. The van der Waals surface area contributed by atoms with Gasteiger partial charge in [-0.15, -0.1) is 0 Å².